The summed E-state index contributed by atoms with van der Waals surface area (Å²) in [6.07, 6.45) is 0. The average Bonchev–Trinajstić information content (AvgIpc) is 2.66. The average molecular weight is 280 g/mol. The van der Waals surface area contributed by atoms with E-state index in [2.05, 4.69) is 10.3 Å². The molecule has 2 rings (SSSR count). The van der Waals surface area contributed by atoms with E-state index in [-0.39, 0.29) is 16.8 Å². The lowest BCUT2D eigenvalue weighted by Crippen LogP contribution is -2.14. The molecule has 0 saturated carbocycles. The van der Waals surface area contributed by atoms with Gasteiger partial charge in [0.2, 0.25) is 5.91 Å². The number of nitrogens with one attached hydrogen (secondary N) is 1. The third-order valence-corrected chi connectivity index (χ3v) is 3.95. The van der Waals surface area contributed by atoms with E-state index in [1.807, 2.05) is 25.1 Å². The molecule has 0 saturated heterocycles. The molecular formula is C12H12N2O2S2. The minimum atomic E-state index is -0.179. The molecule has 2 aromatic rings. The first-order chi connectivity index (χ1) is 8.54. The Kier molecular flexibility index (Phi) is 3.98. The van der Waals surface area contributed by atoms with E-state index < -0.39 is 0 Å². The first-order valence-electron chi connectivity index (χ1n) is 5.35. The lowest BCUT2D eigenvalue weighted by atomic mass is 10.3. The topological polar surface area (TPSA) is 59.1 Å². The van der Waals surface area contributed by atoms with Crippen molar-refractivity contribution < 1.29 is 9.59 Å². The van der Waals surface area contributed by atoms with Crippen LogP contribution < -0.4 is 5.32 Å². The molecular weight excluding hydrogens is 268 g/mol. The standard InChI is InChI=1S/C12H12N2O2S2/c1-7-13-10-5-9(3-4-11(10)18-7)14-12(16)6-17-8(2)15/h3-5H,6H2,1-2H3,(H,14,16). The smallest absolute Gasteiger partial charge is 0.234 e. The monoisotopic (exact) mass is 280 g/mol. The first kappa shape index (κ1) is 13.0. The van der Waals surface area contributed by atoms with Crippen molar-refractivity contribution in [2.24, 2.45) is 0 Å². The first-order valence-corrected chi connectivity index (χ1v) is 7.15. The Morgan fingerprint density at radius 3 is 2.94 bits per heavy atom. The fraction of sp³-hybridized carbons (Fsp3) is 0.250. The molecule has 18 heavy (non-hydrogen) atoms. The molecule has 6 heteroatoms. The number of amides is 1. The third kappa shape index (κ3) is 3.30. The van der Waals surface area contributed by atoms with E-state index in [1.165, 1.54) is 6.92 Å². The maximum atomic E-state index is 11.6. The molecule has 1 heterocycles. The number of hydrogen-bond donors (Lipinski definition) is 1. The summed E-state index contributed by atoms with van der Waals surface area (Å²) in [5.74, 6) is -0.0368. The van der Waals surface area contributed by atoms with Crippen LogP contribution in [0, 0.1) is 6.92 Å². The van der Waals surface area contributed by atoms with E-state index in [1.54, 1.807) is 11.3 Å². The van der Waals surface area contributed by atoms with Crippen LogP contribution in [-0.4, -0.2) is 21.8 Å². The number of thiazole rings is 1. The minimum absolute atomic E-state index is 0.0595. The largest absolute Gasteiger partial charge is 0.325 e. The fourth-order valence-electron chi connectivity index (χ4n) is 1.48. The van der Waals surface area contributed by atoms with Crippen LogP contribution in [0.5, 0.6) is 0 Å². The van der Waals surface area contributed by atoms with Gasteiger partial charge in [-0.15, -0.1) is 11.3 Å². The number of nitrogens with zero attached hydrogens (tertiary/aromatic N) is 1. The highest BCUT2D eigenvalue weighted by atomic mass is 32.2. The predicted molar refractivity (Wildman–Crippen MR) is 76.1 cm³/mol. The highest BCUT2D eigenvalue weighted by Crippen LogP contribution is 2.24. The Morgan fingerprint density at radius 1 is 1.44 bits per heavy atom. The van der Waals surface area contributed by atoms with E-state index in [9.17, 15) is 9.59 Å². The molecule has 0 radical (unpaired) electrons. The van der Waals surface area contributed by atoms with Crippen molar-refractivity contribution in [2.75, 3.05) is 11.1 Å². The number of aromatic nitrogens is 1. The molecule has 0 spiro atoms. The molecule has 0 unspecified atom stereocenters. The normalized spacial score (nSPS) is 10.6. The number of fused-ring (bicyclic) bond motifs is 1. The summed E-state index contributed by atoms with van der Waals surface area (Å²) < 4.78 is 1.10. The predicted octanol–water partition coefficient (Wildman–Crippen LogP) is 2.82. The molecule has 0 aliphatic heterocycles. The maximum Gasteiger partial charge on any atom is 0.234 e. The second-order valence-electron chi connectivity index (χ2n) is 3.74. The van der Waals surface area contributed by atoms with Gasteiger partial charge < -0.3 is 5.32 Å². The van der Waals surface area contributed by atoms with Crippen LogP contribution in [0.1, 0.15) is 11.9 Å². The Labute approximate surface area is 113 Å². The van der Waals surface area contributed by atoms with Gasteiger partial charge in [-0.05, 0) is 25.1 Å². The Morgan fingerprint density at radius 2 is 2.22 bits per heavy atom. The van der Waals surface area contributed by atoms with Crippen LogP contribution in [0.25, 0.3) is 10.2 Å². The minimum Gasteiger partial charge on any atom is -0.325 e. The van der Waals surface area contributed by atoms with Gasteiger partial charge in [-0.1, -0.05) is 11.8 Å². The summed E-state index contributed by atoms with van der Waals surface area (Å²) in [4.78, 5) is 26.7. The van der Waals surface area contributed by atoms with Crippen molar-refractivity contribution in [3.8, 4) is 0 Å². The quantitative estimate of drug-likeness (QED) is 0.939. The number of carbonyl (C=O) groups is 2. The molecule has 4 nitrogen and oxygen atoms in total. The molecule has 1 aromatic heterocycles. The Hall–Kier alpha value is -1.40. The third-order valence-electron chi connectivity index (χ3n) is 2.18. The Bertz CT molecular complexity index is 607. The lowest BCUT2D eigenvalue weighted by molar-refractivity contribution is -0.114. The van der Waals surface area contributed by atoms with E-state index in [0.717, 1.165) is 27.0 Å². The van der Waals surface area contributed by atoms with Crippen LogP contribution in [-0.2, 0) is 9.59 Å². The Balaban J connectivity index is 2.07. The van der Waals surface area contributed by atoms with Gasteiger partial charge in [-0.25, -0.2) is 4.98 Å². The number of carbonyl (C=O) groups excluding carboxylic acids is 2. The van der Waals surface area contributed by atoms with Gasteiger partial charge in [0, 0.05) is 12.6 Å². The number of aryl methyl sites for hydroxylation is 1. The molecule has 0 aliphatic carbocycles. The molecule has 1 amide bonds. The van der Waals surface area contributed by atoms with Crippen molar-refractivity contribution in [3.05, 3.63) is 23.2 Å². The van der Waals surface area contributed by atoms with Crippen molar-refractivity contribution in [1.82, 2.24) is 4.98 Å². The molecule has 94 valence electrons. The summed E-state index contributed by atoms with van der Waals surface area (Å²) in [5.41, 5.74) is 1.59. The number of rotatable bonds is 3. The van der Waals surface area contributed by atoms with Crippen LogP contribution in [0.4, 0.5) is 5.69 Å². The second kappa shape index (κ2) is 5.49. The zero-order chi connectivity index (χ0) is 13.1. The molecule has 1 aromatic carbocycles. The van der Waals surface area contributed by atoms with Crippen LogP contribution in [0.2, 0.25) is 0 Å². The summed E-state index contributed by atoms with van der Waals surface area (Å²) in [5, 5.41) is 3.69. The van der Waals surface area contributed by atoms with Crippen molar-refractivity contribution in [3.63, 3.8) is 0 Å². The zero-order valence-corrected chi connectivity index (χ0v) is 11.7. The zero-order valence-electron chi connectivity index (χ0n) is 10.0. The van der Waals surface area contributed by atoms with E-state index in [4.69, 9.17) is 0 Å². The van der Waals surface area contributed by atoms with Gasteiger partial charge >= 0.3 is 0 Å². The molecule has 1 N–H and O–H groups in total. The lowest BCUT2D eigenvalue weighted by Gasteiger charge is -2.03. The SMILES string of the molecule is CC(=O)SCC(=O)Nc1ccc2sc(C)nc2c1. The summed E-state index contributed by atoms with van der Waals surface area (Å²) >= 11 is 2.62. The number of anilines is 1. The molecule has 0 atom stereocenters. The number of thioether (sulfide) groups is 1. The van der Waals surface area contributed by atoms with Gasteiger partial charge in [0.1, 0.15) is 0 Å². The van der Waals surface area contributed by atoms with Crippen molar-refractivity contribution >= 4 is 50.0 Å². The van der Waals surface area contributed by atoms with Crippen LogP contribution in [0.15, 0.2) is 18.2 Å². The van der Waals surface area contributed by atoms with Gasteiger partial charge in [-0.2, -0.15) is 0 Å². The van der Waals surface area contributed by atoms with Crippen LogP contribution >= 0.6 is 23.1 Å². The van der Waals surface area contributed by atoms with Gasteiger partial charge in [0.25, 0.3) is 0 Å². The van der Waals surface area contributed by atoms with Crippen molar-refractivity contribution in [1.29, 1.82) is 0 Å². The van der Waals surface area contributed by atoms with E-state index >= 15 is 0 Å². The fourth-order valence-corrected chi connectivity index (χ4v) is 2.70. The molecule has 0 bridgehead atoms. The van der Waals surface area contributed by atoms with E-state index in [0.29, 0.717) is 5.69 Å². The van der Waals surface area contributed by atoms with Gasteiger partial charge in [-0.3, -0.25) is 9.59 Å². The summed E-state index contributed by atoms with van der Waals surface area (Å²) in [6.45, 7) is 3.40. The molecule has 0 fully saturated rings. The summed E-state index contributed by atoms with van der Waals surface area (Å²) in [7, 11) is 0. The highest BCUT2D eigenvalue weighted by Gasteiger charge is 2.06. The highest BCUT2D eigenvalue weighted by molar-refractivity contribution is 8.14. The number of hydrogen-bond acceptors (Lipinski definition) is 5. The summed E-state index contributed by atoms with van der Waals surface area (Å²) in [6, 6.07) is 5.62. The van der Waals surface area contributed by atoms with Crippen molar-refractivity contribution in [2.45, 2.75) is 13.8 Å². The van der Waals surface area contributed by atoms with Crippen LogP contribution in [0.3, 0.4) is 0 Å². The number of benzene rings is 1. The van der Waals surface area contributed by atoms with Gasteiger partial charge in [0.05, 0.1) is 21.0 Å². The molecule has 0 aliphatic rings. The maximum absolute atomic E-state index is 11.6. The van der Waals surface area contributed by atoms with Gasteiger partial charge in [0.15, 0.2) is 5.12 Å². The second-order valence-corrected chi connectivity index (χ2v) is 6.13.